The Bertz CT molecular complexity index is 521. The molecule has 22 heavy (non-hydrogen) atoms. The van der Waals surface area contributed by atoms with Crippen LogP contribution in [0.1, 0.15) is 42.3 Å². The molecule has 0 spiro atoms. The highest BCUT2D eigenvalue weighted by Gasteiger charge is 2.32. The van der Waals surface area contributed by atoms with Gasteiger partial charge in [0.15, 0.2) is 0 Å². The van der Waals surface area contributed by atoms with Crippen LogP contribution in [0.2, 0.25) is 0 Å². The maximum atomic E-state index is 12.7. The highest BCUT2D eigenvalue weighted by molar-refractivity contribution is 7.12. The summed E-state index contributed by atoms with van der Waals surface area (Å²) in [5, 5.41) is 1.93. The number of nitrogens with zero attached hydrogens (tertiary/aromatic N) is 2. The summed E-state index contributed by atoms with van der Waals surface area (Å²) in [5.41, 5.74) is 0. The summed E-state index contributed by atoms with van der Waals surface area (Å²) in [6.07, 6.45) is 4.06. The van der Waals surface area contributed by atoms with Crippen molar-refractivity contribution in [1.82, 2.24) is 9.80 Å². The van der Waals surface area contributed by atoms with E-state index in [4.69, 9.17) is 0 Å². The second-order valence-electron chi connectivity index (χ2n) is 6.58. The van der Waals surface area contributed by atoms with Crippen molar-refractivity contribution in [2.24, 2.45) is 11.8 Å². The van der Waals surface area contributed by atoms with Crippen LogP contribution >= 0.6 is 11.3 Å². The Labute approximate surface area is 136 Å². The van der Waals surface area contributed by atoms with E-state index in [9.17, 15) is 9.59 Å². The summed E-state index contributed by atoms with van der Waals surface area (Å²) in [6.45, 7) is 5.38. The molecule has 0 bridgehead atoms. The van der Waals surface area contributed by atoms with Crippen LogP contribution in [-0.4, -0.2) is 47.8 Å². The fourth-order valence-corrected chi connectivity index (χ4v) is 4.10. The minimum atomic E-state index is -0.00827. The van der Waals surface area contributed by atoms with Crippen molar-refractivity contribution in [3.63, 3.8) is 0 Å². The lowest BCUT2D eigenvalue weighted by Crippen LogP contribution is -2.48. The first-order valence-electron chi connectivity index (χ1n) is 8.26. The third-order valence-electron chi connectivity index (χ3n) is 4.89. The predicted molar refractivity (Wildman–Crippen MR) is 87.9 cm³/mol. The third-order valence-corrected chi connectivity index (χ3v) is 5.74. The number of likely N-dealkylation sites (tertiary alicyclic amines) is 2. The molecule has 1 unspecified atom stereocenters. The highest BCUT2D eigenvalue weighted by atomic mass is 32.1. The normalized spacial score (nSPS) is 23.6. The zero-order valence-electron chi connectivity index (χ0n) is 13.2. The van der Waals surface area contributed by atoms with Crippen molar-refractivity contribution >= 4 is 23.2 Å². The van der Waals surface area contributed by atoms with Crippen molar-refractivity contribution in [3.8, 4) is 0 Å². The van der Waals surface area contributed by atoms with E-state index in [0.717, 1.165) is 56.1 Å². The van der Waals surface area contributed by atoms with Crippen LogP contribution in [0.4, 0.5) is 0 Å². The number of hydrogen-bond acceptors (Lipinski definition) is 3. The summed E-state index contributed by atoms with van der Waals surface area (Å²) in [5.74, 6) is 1.06. The lowest BCUT2D eigenvalue weighted by molar-refractivity contribution is -0.138. The lowest BCUT2D eigenvalue weighted by atomic mass is 9.93. The van der Waals surface area contributed by atoms with Gasteiger partial charge in [0.25, 0.3) is 5.91 Å². The summed E-state index contributed by atoms with van der Waals surface area (Å²) >= 11 is 1.48. The van der Waals surface area contributed by atoms with Crippen molar-refractivity contribution in [1.29, 1.82) is 0 Å². The van der Waals surface area contributed by atoms with Gasteiger partial charge < -0.3 is 9.80 Å². The van der Waals surface area contributed by atoms with Gasteiger partial charge in [-0.1, -0.05) is 13.0 Å². The van der Waals surface area contributed by atoms with Gasteiger partial charge in [-0.25, -0.2) is 0 Å². The van der Waals surface area contributed by atoms with Gasteiger partial charge in [-0.05, 0) is 43.0 Å². The fraction of sp³-hybridized carbons (Fsp3) is 0.647. The van der Waals surface area contributed by atoms with E-state index < -0.39 is 0 Å². The molecule has 2 aliphatic heterocycles. The molecule has 0 saturated carbocycles. The number of amides is 2. The number of rotatable bonds is 2. The van der Waals surface area contributed by atoms with E-state index in [-0.39, 0.29) is 17.7 Å². The van der Waals surface area contributed by atoms with Crippen LogP contribution in [0, 0.1) is 11.8 Å². The van der Waals surface area contributed by atoms with E-state index in [1.165, 1.54) is 11.3 Å². The molecule has 3 rings (SSSR count). The Hall–Kier alpha value is -1.36. The molecular formula is C17H24N2O2S. The molecule has 0 N–H and O–H groups in total. The Balaban J connectivity index is 1.60. The standard InChI is InChI=1S/C17H24N2O2S/c1-13-6-9-18(10-7-13)16(20)14-4-2-8-19(12-14)17(21)15-5-3-11-22-15/h3,5,11,13-14H,2,4,6-10,12H2,1H3. The molecule has 2 fully saturated rings. The Morgan fingerprint density at radius 1 is 1.14 bits per heavy atom. The highest BCUT2D eigenvalue weighted by Crippen LogP contribution is 2.24. The van der Waals surface area contributed by atoms with E-state index in [1.54, 1.807) is 0 Å². The molecule has 1 atom stereocenters. The number of piperidine rings is 2. The van der Waals surface area contributed by atoms with Crippen LogP contribution in [0.3, 0.4) is 0 Å². The van der Waals surface area contributed by atoms with Crippen LogP contribution in [0.5, 0.6) is 0 Å². The van der Waals surface area contributed by atoms with Gasteiger partial charge in [-0.15, -0.1) is 11.3 Å². The first-order chi connectivity index (χ1) is 10.6. The minimum absolute atomic E-state index is 0.00827. The van der Waals surface area contributed by atoms with Crippen molar-refractivity contribution < 1.29 is 9.59 Å². The second-order valence-corrected chi connectivity index (χ2v) is 7.52. The molecule has 0 aliphatic carbocycles. The fourth-order valence-electron chi connectivity index (χ4n) is 3.41. The van der Waals surface area contributed by atoms with Crippen LogP contribution in [0.15, 0.2) is 17.5 Å². The molecule has 4 nitrogen and oxygen atoms in total. The van der Waals surface area contributed by atoms with E-state index in [0.29, 0.717) is 6.54 Å². The van der Waals surface area contributed by atoms with Crippen molar-refractivity contribution in [2.75, 3.05) is 26.2 Å². The molecule has 1 aromatic heterocycles. The molecule has 3 heterocycles. The summed E-state index contributed by atoms with van der Waals surface area (Å²) in [4.78, 5) is 29.8. The zero-order chi connectivity index (χ0) is 15.5. The minimum Gasteiger partial charge on any atom is -0.342 e. The largest absolute Gasteiger partial charge is 0.342 e. The number of carbonyl (C=O) groups is 2. The maximum absolute atomic E-state index is 12.7. The molecule has 0 radical (unpaired) electrons. The molecule has 2 saturated heterocycles. The summed E-state index contributed by atoms with van der Waals surface area (Å²) in [7, 11) is 0. The average molecular weight is 320 g/mol. The van der Waals surface area contributed by atoms with Crippen molar-refractivity contribution in [3.05, 3.63) is 22.4 Å². The molecule has 2 amide bonds. The van der Waals surface area contributed by atoms with Gasteiger partial charge >= 0.3 is 0 Å². The predicted octanol–water partition coefficient (Wildman–Crippen LogP) is 2.86. The average Bonchev–Trinajstić information content (AvgIpc) is 3.09. The van der Waals surface area contributed by atoms with Gasteiger partial charge in [0.1, 0.15) is 0 Å². The molecular weight excluding hydrogens is 296 g/mol. The van der Waals surface area contributed by atoms with Gasteiger partial charge in [0.2, 0.25) is 5.91 Å². The molecule has 1 aromatic rings. The van der Waals surface area contributed by atoms with Crippen molar-refractivity contribution in [2.45, 2.75) is 32.6 Å². The van der Waals surface area contributed by atoms with Gasteiger partial charge in [-0.2, -0.15) is 0 Å². The van der Waals surface area contributed by atoms with Gasteiger partial charge in [0, 0.05) is 26.2 Å². The maximum Gasteiger partial charge on any atom is 0.263 e. The Morgan fingerprint density at radius 3 is 2.59 bits per heavy atom. The van der Waals surface area contributed by atoms with Crippen LogP contribution < -0.4 is 0 Å². The Kier molecular flexibility index (Phi) is 4.81. The summed E-state index contributed by atoms with van der Waals surface area (Å²) < 4.78 is 0. The molecule has 120 valence electrons. The zero-order valence-corrected chi connectivity index (χ0v) is 14.0. The first kappa shape index (κ1) is 15.5. The third kappa shape index (κ3) is 3.35. The van der Waals surface area contributed by atoms with E-state index in [1.807, 2.05) is 27.3 Å². The molecule has 0 aromatic carbocycles. The SMILES string of the molecule is CC1CCN(C(=O)C2CCCN(C(=O)c3cccs3)C2)CC1. The molecule has 5 heteroatoms. The lowest BCUT2D eigenvalue weighted by Gasteiger charge is -2.37. The number of carbonyl (C=O) groups excluding carboxylic acids is 2. The van der Waals surface area contributed by atoms with Gasteiger partial charge in [-0.3, -0.25) is 9.59 Å². The number of hydrogen-bond donors (Lipinski definition) is 0. The second kappa shape index (κ2) is 6.82. The monoisotopic (exact) mass is 320 g/mol. The summed E-state index contributed by atoms with van der Waals surface area (Å²) in [6, 6.07) is 3.77. The van der Waals surface area contributed by atoms with Gasteiger partial charge in [0.05, 0.1) is 10.8 Å². The smallest absolute Gasteiger partial charge is 0.263 e. The van der Waals surface area contributed by atoms with Crippen LogP contribution in [-0.2, 0) is 4.79 Å². The van der Waals surface area contributed by atoms with E-state index in [2.05, 4.69) is 6.92 Å². The first-order valence-corrected chi connectivity index (χ1v) is 9.14. The Morgan fingerprint density at radius 2 is 1.91 bits per heavy atom. The number of thiophene rings is 1. The molecule has 2 aliphatic rings. The van der Waals surface area contributed by atoms with E-state index >= 15 is 0 Å². The topological polar surface area (TPSA) is 40.6 Å². The van der Waals surface area contributed by atoms with Crippen LogP contribution in [0.25, 0.3) is 0 Å². The quantitative estimate of drug-likeness (QED) is 0.841.